The van der Waals surface area contributed by atoms with Crippen molar-refractivity contribution in [1.29, 1.82) is 0 Å². The third kappa shape index (κ3) is 3.05. The summed E-state index contributed by atoms with van der Waals surface area (Å²) in [5, 5.41) is 0. The first-order valence-electron chi connectivity index (χ1n) is 6.00. The molecule has 0 radical (unpaired) electrons. The van der Waals surface area contributed by atoms with Crippen molar-refractivity contribution in [2.45, 2.75) is 50.6 Å². The average molecular weight is 262 g/mol. The molecule has 0 aromatic carbocycles. The Morgan fingerprint density at radius 1 is 1.50 bits per heavy atom. The van der Waals surface area contributed by atoms with Crippen molar-refractivity contribution in [3.63, 3.8) is 0 Å². The molecule has 1 aromatic heterocycles. The van der Waals surface area contributed by atoms with Crippen molar-refractivity contribution in [1.82, 2.24) is 4.90 Å². The van der Waals surface area contributed by atoms with Gasteiger partial charge in [0.25, 0.3) is 0 Å². The molecular formula is C12H17F3N2O. The standard InChI is InChI=1S/C12H17F3N2O/c1-8(16)11(12(13,14)15)17(9-4-5-9)7-10-3-2-6-18-10/h2-3,6,8-9,11H,4-5,7,16H2,1H3. The maximum absolute atomic E-state index is 13.1. The summed E-state index contributed by atoms with van der Waals surface area (Å²) in [4.78, 5) is 1.42. The van der Waals surface area contributed by atoms with Gasteiger partial charge >= 0.3 is 6.18 Å². The molecule has 102 valence electrons. The highest BCUT2D eigenvalue weighted by atomic mass is 19.4. The smallest absolute Gasteiger partial charge is 0.405 e. The van der Waals surface area contributed by atoms with Crippen LogP contribution in [0.5, 0.6) is 0 Å². The maximum Gasteiger partial charge on any atom is 0.405 e. The molecule has 1 aromatic rings. The molecular weight excluding hydrogens is 245 g/mol. The van der Waals surface area contributed by atoms with E-state index in [1.807, 2.05) is 0 Å². The van der Waals surface area contributed by atoms with Crippen LogP contribution in [0, 0.1) is 0 Å². The van der Waals surface area contributed by atoms with Gasteiger partial charge in [0, 0.05) is 12.1 Å². The number of hydrogen-bond donors (Lipinski definition) is 1. The summed E-state index contributed by atoms with van der Waals surface area (Å²) in [5.41, 5.74) is 5.53. The van der Waals surface area contributed by atoms with Gasteiger partial charge in [0.15, 0.2) is 0 Å². The van der Waals surface area contributed by atoms with Crippen molar-refractivity contribution in [2.75, 3.05) is 0 Å². The van der Waals surface area contributed by atoms with E-state index in [1.165, 1.54) is 18.1 Å². The highest BCUT2D eigenvalue weighted by Gasteiger charge is 2.49. The lowest BCUT2D eigenvalue weighted by Crippen LogP contribution is -2.55. The lowest BCUT2D eigenvalue weighted by atomic mass is 10.1. The molecule has 0 aliphatic heterocycles. The second-order valence-electron chi connectivity index (χ2n) is 4.83. The third-order valence-electron chi connectivity index (χ3n) is 3.13. The van der Waals surface area contributed by atoms with Crippen LogP contribution in [0.25, 0.3) is 0 Å². The summed E-state index contributed by atoms with van der Waals surface area (Å²) in [6.45, 7) is 1.55. The molecule has 1 fully saturated rings. The normalized spacial score (nSPS) is 20.1. The van der Waals surface area contributed by atoms with Crippen LogP contribution < -0.4 is 5.73 Å². The van der Waals surface area contributed by atoms with Crippen molar-refractivity contribution in [3.8, 4) is 0 Å². The van der Waals surface area contributed by atoms with E-state index in [2.05, 4.69) is 0 Å². The predicted molar refractivity (Wildman–Crippen MR) is 60.8 cm³/mol. The molecule has 0 bridgehead atoms. The Hall–Kier alpha value is -1.01. The summed E-state index contributed by atoms with van der Waals surface area (Å²) >= 11 is 0. The number of halogens is 3. The van der Waals surface area contributed by atoms with E-state index in [1.54, 1.807) is 12.1 Å². The van der Waals surface area contributed by atoms with Crippen LogP contribution in [-0.2, 0) is 6.54 Å². The quantitative estimate of drug-likeness (QED) is 0.886. The summed E-state index contributed by atoms with van der Waals surface area (Å²) in [6, 6.07) is 0.752. The fraction of sp³-hybridized carbons (Fsp3) is 0.667. The average Bonchev–Trinajstić information content (AvgIpc) is 2.94. The zero-order valence-corrected chi connectivity index (χ0v) is 10.2. The van der Waals surface area contributed by atoms with Gasteiger partial charge in [-0.2, -0.15) is 13.2 Å². The molecule has 1 aliphatic carbocycles. The van der Waals surface area contributed by atoms with Crippen LogP contribution in [-0.4, -0.2) is 29.2 Å². The zero-order valence-electron chi connectivity index (χ0n) is 10.2. The number of rotatable bonds is 5. The Bertz CT molecular complexity index is 371. The first-order chi connectivity index (χ1) is 8.39. The Labute approximate surface area is 104 Å². The highest BCUT2D eigenvalue weighted by molar-refractivity contribution is 5.02. The summed E-state index contributed by atoms with van der Waals surface area (Å²) in [7, 11) is 0. The van der Waals surface area contributed by atoms with Crippen molar-refractivity contribution in [3.05, 3.63) is 24.2 Å². The van der Waals surface area contributed by atoms with E-state index >= 15 is 0 Å². The summed E-state index contributed by atoms with van der Waals surface area (Å²) < 4.78 is 44.4. The van der Waals surface area contributed by atoms with Crippen LogP contribution in [0.4, 0.5) is 13.2 Å². The number of nitrogens with zero attached hydrogens (tertiary/aromatic N) is 1. The summed E-state index contributed by atoms with van der Waals surface area (Å²) in [6.07, 6.45) is -1.27. The first-order valence-corrected chi connectivity index (χ1v) is 6.00. The van der Waals surface area contributed by atoms with Gasteiger partial charge in [0.1, 0.15) is 11.8 Å². The highest BCUT2D eigenvalue weighted by Crippen LogP contribution is 2.36. The van der Waals surface area contributed by atoms with E-state index < -0.39 is 18.3 Å². The molecule has 0 amide bonds. The molecule has 2 N–H and O–H groups in total. The molecule has 1 heterocycles. The van der Waals surface area contributed by atoms with Gasteiger partial charge in [-0.25, -0.2) is 0 Å². The van der Waals surface area contributed by atoms with E-state index in [4.69, 9.17) is 10.2 Å². The second-order valence-corrected chi connectivity index (χ2v) is 4.83. The fourth-order valence-corrected chi connectivity index (χ4v) is 2.23. The van der Waals surface area contributed by atoms with E-state index in [9.17, 15) is 13.2 Å². The number of nitrogens with two attached hydrogens (primary N) is 1. The molecule has 1 saturated carbocycles. The molecule has 0 spiro atoms. The Morgan fingerprint density at radius 3 is 2.56 bits per heavy atom. The lowest BCUT2D eigenvalue weighted by molar-refractivity contribution is -0.192. The van der Waals surface area contributed by atoms with Crippen LogP contribution >= 0.6 is 0 Å². The van der Waals surface area contributed by atoms with Crippen LogP contribution in [0.2, 0.25) is 0 Å². The van der Waals surface area contributed by atoms with Crippen LogP contribution in [0.1, 0.15) is 25.5 Å². The lowest BCUT2D eigenvalue weighted by Gasteiger charge is -2.35. The van der Waals surface area contributed by atoms with Gasteiger partial charge in [-0.05, 0) is 31.9 Å². The van der Waals surface area contributed by atoms with E-state index in [0.717, 1.165) is 12.8 Å². The molecule has 2 unspecified atom stereocenters. The van der Waals surface area contributed by atoms with Gasteiger partial charge in [-0.1, -0.05) is 0 Å². The van der Waals surface area contributed by atoms with Gasteiger partial charge in [0.05, 0.1) is 12.8 Å². The topological polar surface area (TPSA) is 42.4 Å². The second kappa shape index (κ2) is 4.93. The number of hydrogen-bond acceptors (Lipinski definition) is 3. The molecule has 6 heteroatoms. The maximum atomic E-state index is 13.1. The SMILES string of the molecule is CC(N)C(N(Cc1ccco1)C1CC1)C(F)(F)F. The minimum atomic E-state index is -4.32. The van der Waals surface area contributed by atoms with Gasteiger partial charge < -0.3 is 10.2 Å². The van der Waals surface area contributed by atoms with E-state index in [-0.39, 0.29) is 12.6 Å². The van der Waals surface area contributed by atoms with Crippen LogP contribution in [0.3, 0.4) is 0 Å². The molecule has 18 heavy (non-hydrogen) atoms. The predicted octanol–water partition coefficient (Wildman–Crippen LogP) is 2.52. The monoisotopic (exact) mass is 262 g/mol. The largest absolute Gasteiger partial charge is 0.468 e. The van der Waals surface area contributed by atoms with Crippen molar-refractivity contribution >= 4 is 0 Å². The van der Waals surface area contributed by atoms with Gasteiger partial charge in [0.2, 0.25) is 0 Å². The minimum Gasteiger partial charge on any atom is -0.468 e. The zero-order chi connectivity index (χ0) is 13.3. The van der Waals surface area contributed by atoms with Crippen molar-refractivity contribution < 1.29 is 17.6 Å². The number of alkyl halides is 3. The van der Waals surface area contributed by atoms with E-state index in [0.29, 0.717) is 5.76 Å². The summed E-state index contributed by atoms with van der Waals surface area (Å²) in [5.74, 6) is 0.539. The molecule has 3 nitrogen and oxygen atoms in total. The fourth-order valence-electron chi connectivity index (χ4n) is 2.23. The Morgan fingerprint density at radius 2 is 2.17 bits per heavy atom. The Kier molecular flexibility index (Phi) is 3.68. The van der Waals surface area contributed by atoms with Crippen molar-refractivity contribution in [2.24, 2.45) is 5.73 Å². The molecule has 2 atom stereocenters. The molecule has 2 rings (SSSR count). The Balaban J connectivity index is 2.17. The number of furan rings is 1. The molecule has 0 saturated heterocycles. The van der Waals surface area contributed by atoms with Crippen LogP contribution in [0.15, 0.2) is 22.8 Å². The minimum absolute atomic E-state index is 0.0345. The molecule has 1 aliphatic rings. The van der Waals surface area contributed by atoms with Gasteiger partial charge in [-0.3, -0.25) is 4.90 Å². The first kappa shape index (κ1) is 13.4. The third-order valence-corrected chi connectivity index (χ3v) is 3.13. The van der Waals surface area contributed by atoms with Gasteiger partial charge in [-0.15, -0.1) is 0 Å².